The van der Waals surface area contributed by atoms with Crippen molar-refractivity contribution in [2.45, 2.75) is 25.7 Å². The Labute approximate surface area is 145 Å². The zero-order chi connectivity index (χ0) is 18.6. The molecule has 0 aliphatic heterocycles. The molecule has 2 aromatic rings. The maximum atomic E-state index is 13.3. The molecule has 0 atom stereocenters. The predicted molar refractivity (Wildman–Crippen MR) is 92.4 cm³/mol. The molecule has 0 radical (unpaired) electrons. The van der Waals surface area contributed by atoms with Crippen LogP contribution in [0.2, 0.25) is 0 Å². The average Bonchev–Trinajstić information content (AvgIpc) is 2.55. The summed E-state index contributed by atoms with van der Waals surface area (Å²) in [6, 6.07) is 10.6. The Hall–Kier alpha value is -2.89. The summed E-state index contributed by atoms with van der Waals surface area (Å²) in [5.74, 6) is -1.25. The van der Waals surface area contributed by atoms with E-state index in [1.807, 2.05) is 0 Å². The molecule has 0 bridgehead atoms. The molecule has 0 aliphatic rings. The van der Waals surface area contributed by atoms with Gasteiger partial charge >= 0.3 is 5.97 Å². The number of hydrogen-bond donors (Lipinski definition) is 2. The Bertz CT molecular complexity index is 785. The van der Waals surface area contributed by atoms with Crippen LogP contribution >= 0.6 is 0 Å². The largest absolute Gasteiger partial charge is 0.496 e. The number of amides is 1. The maximum absolute atomic E-state index is 13.3. The van der Waals surface area contributed by atoms with Crippen LogP contribution in [0.5, 0.6) is 5.75 Å². The molecule has 1 amide bonds. The van der Waals surface area contributed by atoms with E-state index in [0.717, 1.165) is 0 Å². The highest BCUT2D eigenvalue weighted by Crippen LogP contribution is 2.25. The molecule has 0 unspecified atom stereocenters. The van der Waals surface area contributed by atoms with Crippen LogP contribution in [-0.4, -0.2) is 24.1 Å². The lowest BCUT2D eigenvalue weighted by Gasteiger charge is -2.20. The van der Waals surface area contributed by atoms with Crippen molar-refractivity contribution < 1.29 is 23.8 Å². The molecule has 132 valence electrons. The Morgan fingerprint density at radius 2 is 1.80 bits per heavy atom. The number of nitrogens with one attached hydrogen (secondary N) is 1. The first-order valence-corrected chi connectivity index (χ1v) is 7.70. The number of carboxylic acids is 1. The first-order chi connectivity index (χ1) is 11.7. The zero-order valence-electron chi connectivity index (χ0n) is 14.3. The lowest BCUT2D eigenvalue weighted by molar-refractivity contribution is -0.142. The summed E-state index contributed by atoms with van der Waals surface area (Å²) >= 11 is 0. The second-order valence-electron chi connectivity index (χ2n) is 6.19. The average molecular weight is 345 g/mol. The predicted octanol–water partition coefficient (Wildman–Crippen LogP) is 3.38. The quantitative estimate of drug-likeness (QED) is 0.842. The molecular weight excluding hydrogens is 325 g/mol. The topological polar surface area (TPSA) is 75.6 Å². The van der Waals surface area contributed by atoms with Crippen molar-refractivity contribution in [1.29, 1.82) is 0 Å². The van der Waals surface area contributed by atoms with E-state index in [-0.39, 0.29) is 12.3 Å². The molecule has 0 saturated heterocycles. The molecule has 2 N–H and O–H groups in total. The smallest absolute Gasteiger partial charge is 0.313 e. The van der Waals surface area contributed by atoms with Gasteiger partial charge in [0.25, 0.3) is 0 Å². The molecule has 6 heteroatoms. The molecule has 2 aromatic carbocycles. The zero-order valence-corrected chi connectivity index (χ0v) is 14.3. The fraction of sp³-hybridized carbons (Fsp3) is 0.263. The molecule has 0 saturated carbocycles. The third-order valence-electron chi connectivity index (χ3n) is 4.02. The van der Waals surface area contributed by atoms with Crippen LogP contribution in [0.1, 0.15) is 25.0 Å². The molecule has 0 spiro atoms. The molecular formula is C19H20FNO4. The van der Waals surface area contributed by atoms with Gasteiger partial charge in [-0.1, -0.05) is 12.1 Å². The number of ether oxygens (including phenoxy) is 1. The number of halogens is 1. The highest BCUT2D eigenvalue weighted by atomic mass is 19.1. The van der Waals surface area contributed by atoms with E-state index in [0.29, 0.717) is 22.6 Å². The fourth-order valence-corrected chi connectivity index (χ4v) is 2.36. The van der Waals surface area contributed by atoms with Gasteiger partial charge in [0, 0.05) is 11.3 Å². The van der Waals surface area contributed by atoms with Gasteiger partial charge < -0.3 is 15.2 Å². The van der Waals surface area contributed by atoms with Crippen molar-refractivity contribution in [2.24, 2.45) is 0 Å². The number of anilines is 1. The van der Waals surface area contributed by atoms with Crippen molar-refractivity contribution in [2.75, 3.05) is 12.4 Å². The molecule has 0 aliphatic carbocycles. The molecule has 0 fully saturated rings. The van der Waals surface area contributed by atoms with Gasteiger partial charge in [-0.2, -0.15) is 0 Å². The summed E-state index contributed by atoms with van der Waals surface area (Å²) in [6.45, 7) is 3.22. The van der Waals surface area contributed by atoms with Gasteiger partial charge in [-0.25, -0.2) is 4.39 Å². The van der Waals surface area contributed by atoms with Gasteiger partial charge in [0.1, 0.15) is 11.6 Å². The van der Waals surface area contributed by atoms with Crippen LogP contribution in [-0.2, 0) is 21.4 Å². The number of carbonyl (C=O) groups is 2. The Balaban J connectivity index is 2.09. The van der Waals surface area contributed by atoms with Crippen molar-refractivity contribution in [3.05, 3.63) is 59.4 Å². The minimum absolute atomic E-state index is 0.0384. The minimum atomic E-state index is -1.02. The third-order valence-corrected chi connectivity index (χ3v) is 4.02. The summed E-state index contributed by atoms with van der Waals surface area (Å²) in [4.78, 5) is 23.4. The van der Waals surface area contributed by atoms with Gasteiger partial charge in [0.15, 0.2) is 0 Å². The molecule has 2 rings (SSSR count). The number of carboxylic acid groups (broad SMARTS) is 1. The fourth-order valence-electron chi connectivity index (χ4n) is 2.36. The highest BCUT2D eigenvalue weighted by Gasteiger charge is 2.29. The van der Waals surface area contributed by atoms with Crippen LogP contribution in [0.15, 0.2) is 42.5 Å². The van der Waals surface area contributed by atoms with Gasteiger partial charge in [0.2, 0.25) is 5.91 Å². The Kier molecular flexibility index (Phi) is 5.41. The van der Waals surface area contributed by atoms with Crippen LogP contribution in [0.3, 0.4) is 0 Å². The maximum Gasteiger partial charge on any atom is 0.313 e. The lowest BCUT2D eigenvalue weighted by Crippen LogP contribution is -2.28. The van der Waals surface area contributed by atoms with Crippen molar-refractivity contribution in [3.63, 3.8) is 0 Å². The second-order valence-corrected chi connectivity index (χ2v) is 6.19. The standard InChI is InChI=1S/C19H20FNO4/c1-19(2,18(23)24)13-4-7-15(8-5-13)21-17(22)11-12-10-14(20)6-9-16(12)25-3/h4-10H,11H2,1-3H3,(H,21,22)(H,23,24). The van der Waals surface area contributed by atoms with Crippen LogP contribution in [0, 0.1) is 5.82 Å². The number of aliphatic carboxylic acids is 1. The van der Waals surface area contributed by atoms with E-state index in [1.54, 1.807) is 38.1 Å². The number of benzene rings is 2. The molecule has 5 nitrogen and oxygen atoms in total. The SMILES string of the molecule is COc1ccc(F)cc1CC(=O)Nc1ccc(C(C)(C)C(=O)O)cc1. The van der Waals surface area contributed by atoms with E-state index in [4.69, 9.17) is 4.74 Å². The minimum Gasteiger partial charge on any atom is -0.496 e. The Morgan fingerprint density at radius 3 is 2.36 bits per heavy atom. The van der Waals surface area contributed by atoms with E-state index in [9.17, 15) is 19.1 Å². The highest BCUT2D eigenvalue weighted by molar-refractivity contribution is 5.92. The van der Waals surface area contributed by atoms with Crippen molar-refractivity contribution in [3.8, 4) is 5.75 Å². The van der Waals surface area contributed by atoms with Gasteiger partial charge in [-0.05, 0) is 49.7 Å². The van der Waals surface area contributed by atoms with E-state index in [1.165, 1.54) is 25.3 Å². The summed E-state index contributed by atoms with van der Waals surface area (Å²) in [5, 5.41) is 11.9. The number of rotatable bonds is 6. The van der Waals surface area contributed by atoms with E-state index >= 15 is 0 Å². The summed E-state index contributed by atoms with van der Waals surface area (Å²) in [7, 11) is 1.46. The normalized spacial score (nSPS) is 11.0. The molecule has 0 aromatic heterocycles. The first-order valence-electron chi connectivity index (χ1n) is 7.70. The monoisotopic (exact) mass is 345 g/mol. The van der Waals surface area contributed by atoms with Gasteiger partial charge in [-0.15, -0.1) is 0 Å². The van der Waals surface area contributed by atoms with E-state index < -0.39 is 17.2 Å². The van der Waals surface area contributed by atoms with Gasteiger partial charge in [0.05, 0.1) is 18.9 Å². The van der Waals surface area contributed by atoms with E-state index in [2.05, 4.69) is 5.32 Å². The number of hydrogen-bond acceptors (Lipinski definition) is 3. The van der Waals surface area contributed by atoms with Gasteiger partial charge in [-0.3, -0.25) is 9.59 Å². The first kappa shape index (κ1) is 18.4. The summed E-state index contributed by atoms with van der Waals surface area (Å²) in [6.07, 6.45) is -0.0384. The molecule has 0 heterocycles. The Morgan fingerprint density at radius 1 is 1.16 bits per heavy atom. The summed E-state index contributed by atoms with van der Waals surface area (Å²) in [5.41, 5.74) is 0.594. The summed E-state index contributed by atoms with van der Waals surface area (Å²) < 4.78 is 18.5. The van der Waals surface area contributed by atoms with Crippen LogP contribution < -0.4 is 10.1 Å². The van der Waals surface area contributed by atoms with Crippen LogP contribution in [0.4, 0.5) is 10.1 Å². The lowest BCUT2D eigenvalue weighted by atomic mass is 9.85. The number of methoxy groups -OCH3 is 1. The molecule has 25 heavy (non-hydrogen) atoms. The van der Waals surface area contributed by atoms with Crippen molar-refractivity contribution >= 4 is 17.6 Å². The van der Waals surface area contributed by atoms with Crippen molar-refractivity contribution in [1.82, 2.24) is 0 Å². The third kappa shape index (κ3) is 4.35. The number of carbonyl (C=O) groups excluding carboxylic acids is 1. The second kappa shape index (κ2) is 7.34. The van der Waals surface area contributed by atoms with Crippen LogP contribution in [0.25, 0.3) is 0 Å².